The average Bonchev–Trinajstić information content (AvgIpc) is 2.49. The molecule has 0 N–H and O–H groups in total. The van der Waals surface area contributed by atoms with Gasteiger partial charge in [-0.05, 0) is 0 Å². The van der Waals surface area contributed by atoms with Crippen LogP contribution in [0.2, 0.25) is 0 Å². The number of allylic oxidation sites excluding steroid dienone is 3. The summed E-state index contributed by atoms with van der Waals surface area (Å²) in [6.07, 6.45) is 4.59. The Morgan fingerprint density at radius 3 is 1.94 bits per heavy atom. The van der Waals surface area contributed by atoms with Crippen molar-refractivity contribution in [3.63, 3.8) is 0 Å². The van der Waals surface area contributed by atoms with Crippen LogP contribution >= 0.6 is 0 Å². The quantitative estimate of drug-likeness (QED) is 0.743. The molecule has 2 aromatic carbocycles. The molecule has 1 heteroatoms. The van der Waals surface area contributed by atoms with Crippen molar-refractivity contribution < 1.29 is 0 Å². The number of hydrogen-bond acceptors (Lipinski definition) is 0. The van der Waals surface area contributed by atoms with E-state index in [9.17, 15) is 0 Å². The number of hydrogen-bond donors (Lipinski definition) is 0. The van der Waals surface area contributed by atoms with E-state index in [0.717, 1.165) is 0 Å². The van der Waals surface area contributed by atoms with Crippen molar-refractivity contribution in [3.8, 4) is 0 Å². The van der Waals surface area contributed by atoms with E-state index in [1.165, 1.54) is 21.0 Å². The van der Waals surface area contributed by atoms with Gasteiger partial charge in [-0.1, -0.05) is 0 Å². The van der Waals surface area contributed by atoms with Crippen LogP contribution in [0.4, 0.5) is 0 Å². The van der Waals surface area contributed by atoms with Gasteiger partial charge in [-0.25, -0.2) is 0 Å². The van der Waals surface area contributed by atoms with Crippen LogP contribution in [0, 0.1) is 0 Å². The van der Waals surface area contributed by atoms with Crippen LogP contribution in [-0.4, -0.2) is 19.6 Å². The average molecular weight is 292 g/mol. The van der Waals surface area contributed by atoms with Gasteiger partial charge < -0.3 is 0 Å². The Kier molecular flexibility index (Phi) is 3.39. The molecule has 0 amide bonds. The molecule has 0 nitrogen and oxygen atoms in total. The molecule has 0 saturated carbocycles. The maximum absolute atomic E-state index is 2.34. The number of rotatable bonds is 2. The van der Waals surface area contributed by atoms with Crippen molar-refractivity contribution in [1.29, 1.82) is 0 Å². The summed E-state index contributed by atoms with van der Waals surface area (Å²) < 4.78 is 1.48. The van der Waals surface area contributed by atoms with Gasteiger partial charge in [0.15, 0.2) is 0 Å². The van der Waals surface area contributed by atoms with E-state index in [0.29, 0.717) is 0 Å². The first-order valence-corrected chi connectivity index (χ1v) is 8.02. The second-order valence-corrected chi connectivity index (χ2v) is 6.34. The second-order valence-electron chi connectivity index (χ2n) is 4.16. The fourth-order valence-electron chi connectivity index (χ4n) is 2.01. The summed E-state index contributed by atoms with van der Waals surface area (Å²) in [6.45, 7) is 0. The van der Waals surface area contributed by atoms with Crippen LogP contribution in [0.3, 0.4) is 0 Å². The van der Waals surface area contributed by atoms with Crippen molar-refractivity contribution in [2.24, 2.45) is 0 Å². The minimum absolute atomic E-state index is 0.159. The normalized spacial score (nSPS) is 14.9. The second kappa shape index (κ2) is 5.33. The molecule has 0 bridgehead atoms. The predicted octanol–water partition coefficient (Wildman–Crippen LogP) is 3.52. The van der Waals surface area contributed by atoms with Crippen LogP contribution in [0.15, 0.2) is 77.7 Å². The SMILES string of the molecule is C1=CC(c2ccccc2)=CC(c2ccccc2)=[As]1. The van der Waals surface area contributed by atoms with Crippen molar-refractivity contribution in [2.45, 2.75) is 0 Å². The van der Waals surface area contributed by atoms with Crippen molar-refractivity contribution in [1.82, 2.24) is 0 Å². The fourth-order valence-corrected chi connectivity index (χ4v) is 3.91. The summed E-state index contributed by atoms with van der Waals surface area (Å²) in [5.41, 5.74) is 3.97. The summed E-state index contributed by atoms with van der Waals surface area (Å²) in [4.78, 5) is 2.33. The molecular weight excluding hydrogens is 279 g/mol. The van der Waals surface area contributed by atoms with Crippen LogP contribution in [0.1, 0.15) is 11.1 Å². The molecule has 2 aromatic rings. The van der Waals surface area contributed by atoms with E-state index >= 15 is 0 Å². The Hall–Kier alpha value is -1.65. The molecule has 0 unspecified atom stereocenters. The van der Waals surface area contributed by atoms with E-state index in [1.54, 1.807) is 0 Å². The maximum atomic E-state index is 2.34. The van der Waals surface area contributed by atoms with Crippen LogP contribution in [0.25, 0.3) is 5.57 Å². The van der Waals surface area contributed by atoms with Gasteiger partial charge in [0, 0.05) is 0 Å². The Morgan fingerprint density at radius 1 is 0.667 bits per heavy atom. The van der Waals surface area contributed by atoms with Gasteiger partial charge in [-0.2, -0.15) is 0 Å². The van der Waals surface area contributed by atoms with Gasteiger partial charge in [-0.15, -0.1) is 0 Å². The minimum atomic E-state index is 0.159. The van der Waals surface area contributed by atoms with Gasteiger partial charge in [0.25, 0.3) is 0 Å². The molecule has 0 aromatic heterocycles. The predicted molar refractivity (Wildman–Crippen MR) is 79.9 cm³/mol. The first kappa shape index (κ1) is 11.4. The van der Waals surface area contributed by atoms with Gasteiger partial charge in [-0.3, -0.25) is 0 Å². The molecule has 3 rings (SSSR count). The molecule has 1 aliphatic rings. The zero-order valence-electron chi connectivity index (χ0n) is 9.95. The third-order valence-electron chi connectivity index (χ3n) is 2.94. The molecule has 86 valence electrons. The Bertz CT molecular complexity index is 579. The summed E-state index contributed by atoms with van der Waals surface area (Å²) >= 11 is 0.159. The molecule has 0 fully saturated rings. The fraction of sp³-hybridized carbons (Fsp3) is 0. The third-order valence-corrected chi connectivity index (χ3v) is 4.96. The molecule has 0 atom stereocenters. The van der Waals surface area contributed by atoms with Crippen LogP contribution in [0.5, 0.6) is 0 Å². The first-order valence-electron chi connectivity index (χ1n) is 6.00. The van der Waals surface area contributed by atoms with Crippen molar-refractivity contribution in [2.75, 3.05) is 0 Å². The van der Waals surface area contributed by atoms with E-state index in [4.69, 9.17) is 0 Å². The molecule has 0 spiro atoms. The topological polar surface area (TPSA) is 0 Å². The van der Waals surface area contributed by atoms with E-state index in [-0.39, 0.29) is 15.3 Å². The number of benzene rings is 2. The zero-order chi connectivity index (χ0) is 12.2. The van der Waals surface area contributed by atoms with Crippen molar-refractivity contribution >= 4 is 25.2 Å². The standard InChI is InChI=1S/C17H13As/c1-3-7-14(8-4-1)16-11-12-18-17(13-16)15-9-5-2-6-10-15/h1-13H. The summed E-state index contributed by atoms with van der Waals surface area (Å²) in [5.74, 6) is 0. The molecule has 0 radical (unpaired) electrons. The van der Waals surface area contributed by atoms with Crippen LogP contribution < -0.4 is 0 Å². The third kappa shape index (κ3) is 2.44. The molecule has 1 heterocycles. The van der Waals surface area contributed by atoms with E-state index in [1.807, 2.05) is 0 Å². The molecule has 1 aliphatic heterocycles. The first-order chi connectivity index (χ1) is 8.93. The summed E-state index contributed by atoms with van der Waals surface area (Å²) in [7, 11) is 0. The van der Waals surface area contributed by atoms with E-state index < -0.39 is 0 Å². The van der Waals surface area contributed by atoms with Crippen LogP contribution in [-0.2, 0) is 0 Å². The summed E-state index contributed by atoms with van der Waals surface area (Å²) in [6, 6.07) is 21.3. The molecule has 18 heavy (non-hydrogen) atoms. The Labute approximate surface area is 114 Å². The monoisotopic (exact) mass is 292 g/mol. The summed E-state index contributed by atoms with van der Waals surface area (Å²) in [5, 5.41) is 0. The van der Waals surface area contributed by atoms with Gasteiger partial charge in [0.05, 0.1) is 0 Å². The van der Waals surface area contributed by atoms with Gasteiger partial charge in [0.2, 0.25) is 0 Å². The zero-order valence-corrected chi connectivity index (χ0v) is 11.8. The van der Waals surface area contributed by atoms with Gasteiger partial charge >= 0.3 is 114 Å². The van der Waals surface area contributed by atoms with Gasteiger partial charge in [0.1, 0.15) is 0 Å². The molecule has 0 aliphatic carbocycles. The van der Waals surface area contributed by atoms with Crippen molar-refractivity contribution in [3.05, 3.63) is 88.8 Å². The van der Waals surface area contributed by atoms with E-state index in [2.05, 4.69) is 77.7 Å². The molecule has 0 saturated heterocycles. The Balaban J connectivity index is 1.99. The Morgan fingerprint density at radius 2 is 1.28 bits per heavy atom. The molecular formula is C17H13As.